The summed E-state index contributed by atoms with van der Waals surface area (Å²) >= 11 is 0. The van der Waals surface area contributed by atoms with Gasteiger partial charge in [0, 0.05) is 5.69 Å². The van der Waals surface area contributed by atoms with Gasteiger partial charge in [-0.2, -0.15) is 26.9 Å². The fourth-order valence-electron chi connectivity index (χ4n) is 2.72. The molecular formula is C17H16F3N3O3S. The normalized spacial score (nSPS) is 11.9. The molecule has 2 aromatic rings. The molecule has 0 saturated heterocycles. The minimum Gasteiger partial charge on any atom is -0.280 e. The Balaban J connectivity index is 2.76. The lowest BCUT2D eigenvalue weighted by Gasteiger charge is -2.18. The van der Waals surface area contributed by atoms with Gasteiger partial charge in [-0.1, -0.05) is 6.07 Å². The third-order valence-corrected chi connectivity index (χ3v) is 5.13. The Hall–Kier alpha value is -2.80. The van der Waals surface area contributed by atoms with E-state index in [-0.39, 0.29) is 22.5 Å². The molecule has 0 saturated carbocycles. The maximum Gasteiger partial charge on any atom is 0.516 e. The minimum absolute atomic E-state index is 0.0991. The van der Waals surface area contributed by atoms with Gasteiger partial charge in [0.1, 0.15) is 11.6 Å². The monoisotopic (exact) mass is 399 g/mol. The van der Waals surface area contributed by atoms with E-state index in [4.69, 9.17) is 0 Å². The summed E-state index contributed by atoms with van der Waals surface area (Å²) < 4.78 is 63.6. The predicted molar refractivity (Wildman–Crippen MR) is 94.3 cm³/mol. The highest BCUT2D eigenvalue weighted by Crippen LogP contribution is 2.29. The van der Waals surface area contributed by atoms with Crippen molar-refractivity contribution in [1.29, 1.82) is 5.26 Å². The predicted octanol–water partition coefficient (Wildman–Crippen LogP) is 3.20. The molecule has 0 aliphatic carbocycles. The van der Waals surface area contributed by atoms with Gasteiger partial charge < -0.3 is 0 Å². The van der Waals surface area contributed by atoms with E-state index in [9.17, 15) is 31.6 Å². The van der Waals surface area contributed by atoms with E-state index in [2.05, 4.69) is 0 Å². The maximum atomic E-state index is 12.7. The zero-order valence-electron chi connectivity index (χ0n) is 14.9. The lowest BCUT2D eigenvalue weighted by molar-refractivity contribution is -0.0429. The molecule has 0 spiro atoms. The second kappa shape index (κ2) is 6.74. The summed E-state index contributed by atoms with van der Waals surface area (Å²) in [6.07, 6.45) is 0. The first kappa shape index (κ1) is 20.5. The fourth-order valence-corrected chi connectivity index (χ4v) is 3.35. The molecule has 6 nitrogen and oxygen atoms in total. The Morgan fingerprint density at radius 3 is 2.15 bits per heavy atom. The summed E-state index contributed by atoms with van der Waals surface area (Å²) in [5.74, 6) is 0. The summed E-state index contributed by atoms with van der Waals surface area (Å²) in [5.41, 5.74) is -4.63. The molecule has 0 atom stereocenters. The van der Waals surface area contributed by atoms with E-state index in [1.807, 2.05) is 6.07 Å². The van der Waals surface area contributed by atoms with Crippen molar-refractivity contribution in [3.8, 4) is 11.8 Å². The van der Waals surface area contributed by atoms with E-state index in [1.54, 1.807) is 26.8 Å². The first-order valence-corrected chi connectivity index (χ1v) is 9.12. The fraction of sp³-hybridized carbons (Fsp3) is 0.294. The van der Waals surface area contributed by atoms with Crippen molar-refractivity contribution in [2.75, 3.05) is 4.72 Å². The van der Waals surface area contributed by atoms with Crippen LogP contribution in [0.15, 0.2) is 23.0 Å². The van der Waals surface area contributed by atoms with Crippen LogP contribution in [0, 0.1) is 39.0 Å². The largest absolute Gasteiger partial charge is 0.516 e. The van der Waals surface area contributed by atoms with Crippen molar-refractivity contribution < 1.29 is 21.6 Å². The van der Waals surface area contributed by atoms with Crippen LogP contribution >= 0.6 is 0 Å². The molecule has 0 aliphatic heterocycles. The molecule has 1 heterocycles. The molecule has 27 heavy (non-hydrogen) atoms. The molecule has 0 unspecified atom stereocenters. The van der Waals surface area contributed by atoms with Crippen LogP contribution in [0.3, 0.4) is 0 Å². The number of rotatable bonds is 3. The van der Waals surface area contributed by atoms with Crippen molar-refractivity contribution >= 4 is 15.7 Å². The smallest absolute Gasteiger partial charge is 0.280 e. The topological polar surface area (TPSA) is 92.0 Å². The lowest BCUT2D eigenvalue weighted by atomic mass is 10.1. The van der Waals surface area contributed by atoms with Gasteiger partial charge in [0.05, 0.1) is 11.4 Å². The molecule has 1 N–H and O–H groups in total. The molecule has 0 aliphatic rings. The summed E-state index contributed by atoms with van der Waals surface area (Å²) in [5, 5.41) is 9.19. The number of halogens is 3. The van der Waals surface area contributed by atoms with Gasteiger partial charge in [0.25, 0.3) is 5.56 Å². The van der Waals surface area contributed by atoms with Gasteiger partial charge in [-0.05, 0) is 56.5 Å². The highest BCUT2D eigenvalue weighted by molar-refractivity contribution is 7.93. The van der Waals surface area contributed by atoms with E-state index in [0.717, 1.165) is 6.07 Å². The van der Waals surface area contributed by atoms with Gasteiger partial charge in [0.15, 0.2) is 0 Å². The number of hydrogen-bond acceptors (Lipinski definition) is 4. The van der Waals surface area contributed by atoms with E-state index in [0.29, 0.717) is 16.8 Å². The first-order chi connectivity index (χ1) is 12.3. The van der Waals surface area contributed by atoms with Crippen molar-refractivity contribution in [2.24, 2.45) is 0 Å². The molecule has 10 heteroatoms. The Labute approximate surface area is 153 Å². The van der Waals surface area contributed by atoms with Crippen LogP contribution in [0.25, 0.3) is 5.69 Å². The lowest BCUT2D eigenvalue weighted by Crippen LogP contribution is -2.30. The van der Waals surface area contributed by atoms with Crippen LogP contribution in [0.2, 0.25) is 0 Å². The van der Waals surface area contributed by atoms with Gasteiger partial charge in [-0.3, -0.25) is 14.1 Å². The molecule has 144 valence electrons. The third kappa shape index (κ3) is 3.68. The van der Waals surface area contributed by atoms with Crippen LogP contribution in [0.1, 0.15) is 27.9 Å². The van der Waals surface area contributed by atoms with Crippen molar-refractivity contribution in [1.82, 2.24) is 4.57 Å². The van der Waals surface area contributed by atoms with E-state index < -0.39 is 21.1 Å². The minimum atomic E-state index is -5.61. The number of benzene rings is 1. The molecule has 1 aromatic carbocycles. The van der Waals surface area contributed by atoms with Crippen LogP contribution in [0.4, 0.5) is 18.9 Å². The number of hydrogen-bond donors (Lipinski definition) is 1. The van der Waals surface area contributed by atoms with E-state index in [1.165, 1.54) is 22.3 Å². The third-order valence-electron chi connectivity index (χ3n) is 4.03. The number of nitrogens with zero attached hydrogens (tertiary/aromatic N) is 2. The Bertz CT molecular complexity index is 1130. The SMILES string of the molecule is Cc1cc(C)c(-n2c(C)cc(C)c(C#N)c2=O)cc1NS(=O)(=O)C(F)(F)F. The zero-order valence-corrected chi connectivity index (χ0v) is 15.7. The summed E-state index contributed by atoms with van der Waals surface area (Å²) in [6.45, 7) is 6.27. The average Bonchev–Trinajstić information content (AvgIpc) is 2.50. The molecule has 0 fully saturated rings. The summed E-state index contributed by atoms with van der Waals surface area (Å²) in [7, 11) is -5.61. The Morgan fingerprint density at radius 1 is 1.04 bits per heavy atom. The van der Waals surface area contributed by atoms with Crippen molar-refractivity contribution in [2.45, 2.75) is 33.2 Å². The highest BCUT2D eigenvalue weighted by Gasteiger charge is 2.46. The average molecular weight is 399 g/mol. The number of anilines is 1. The molecule has 0 radical (unpaired) electrons. The molecule has 1 aromatic heterocycles. The first-order valence-electron chi connectivity index (χ1n) is 7.64. The van der Waals surface area contributed by atoms with Gasteiger partial charge >= 0.3 is 15.5 Å². The second-order valence-electron chi connectivity index (χ2n) is 6.10. The number of nitrogens with one attached hydrogen (secondary N) is 1. The maximum absolute atomic E-state index is 12.7. The highest BCUT2D eigenvalue weighted by atomic mass is 32.2. The van der Waals surface area contributed by atoms with Crippen LogP contribution in [0.5, 0.6) is 0 Å². The number of nitriles is 1. The van der Waals surface area contributed by atoms with Gasteiger partial charge in [0.2, 0.25) is 0 Å². The number of aryl methyl sites for hydroxylation is 4. The van der Waals surface area contributed by atoms with Crippen molar-refractivity contribution in [3.05, 3.63) is 56.5 Å². The molecule has 0 amide bonds. The Morgan fingerprint density at radius 2 is 1.63 bits per heavy atom. The van der Waals surface area contributed by atoms with Crippen LogP contribution in [-0.4, -0.2) is 18.5 Å². The van der Waals surface area contributed by atoms with Crippen LogP contribution in [-0.2, 0) is 10.0 Å². The van der Waals surface area contributed by atoms with E-state index >= 15 is 0 Å². The van der Waals surface area contributed by atoms with Crippen LogP contribution < -0.4 is 10.3 Å². The molecule has 0 bridgehead atoms. The summed E-state index contributed by atoms with van der Waals surface area (Å²) in [4.78, 5) is 12.7. The standard InChI is InChI=1S/C17H16F3N3O3S/c1-9-6-12(4)23(16(24)13(9)8-21)15-7-14(10(2)5-11(15)3)22-27(25,26)17(18,19)20/h5-7,22H,1-4H3. The number of aromatic nitrogens is 1. The zero-order chi connectivity index (χ0) is 20.7. The number of sulfonamides is 1. The number of pyridine rings is 1. The second-order valence-corrected chi connectivity index (χ2v) is 7.77. The van der Waals surface area contributed by atoms with Crippen molar-refractivity contribution in [3.63, 3.8) is 0 Å². The van der Waals surface area contributed by atoms with Gasteiger partial charge in [-0.25, -0.2) is 0 Å². The van der Waals surface area contributed by atoms with Gasteiger partial charge in [-0.15, -0.1) is 0 Å². The summed E-state index contributed by atoms with van der Waals surface area (Å²) in [6, 6.07) is 6.02. The molecular weight excluding hydrogens is 383 g/mol. The Kier molecular flexibility index (Phi) is 5.12. The quantitative estimate of drug-likeness (QED) is 0.858. The molecule has 2 rings (SSSR count). The number of alkyl halides is 3.